The fourth-order valence-electron chi connectivity index (χ4n) is 2.28. The molecule has 0 radical (unpaired) electrons. The van der Waals surface area contributed by atoms with Crippen molar-refractivity contribution in [1.82, 2.24) is 10.2 Å². The zero-order valence-electron chi connectivity index (χ0n) is 8.16. The first kappa shape index (κ1) is 11.2. The minimum Gasteiger partial charge on any atom is -0.378 e. The van der Waals surface area contributed by atoms with Crippen LogP contribution < -0.4 is 5.32 Å². The fourth-order valence-corrected chi connectivity index (χ4v) is 2.28. The number of likely N-dealkylation sites (tertiary alicyclic amines) is 1. The van der Waals surface area contributed by atoms with Crippen LogP contribution in [0.5, 0.6) is 0 Å². The van der Waals surface area contributed by atoms with E-state index in [1.54, 1.807) is 0 Å². The molecule has 78 valence electrons. The molecule has 3 nitrogen and oxygen atoms in total. The second-order valence-corrected chi connectivity index (χ2v) is 3.83. The quantitative estimate of drug-likeness (QED) is 0.676. The Morgan fingerprint density at radius 1 is 1.46 bits per heavy atom. The van der Waals surface area contributed by atoms with Gasteiger partial charge in [-0.15, -0.1) is 12.4 Å². The molecule has 0 amide bonds. The molecule has 0 spiro atoms. The van der Waals surface area contributed by atoms with Gasteiger partial charge in [0, 0.05) is 18.6 Å². The molecule has 0 bridgehead atoms. The first-order valence-electron chi connectivity index (χ1n) is 4.89. The van der Waals surface area contributed by atoms with Crippen molar-refractivity contribution in [3.05, 3.63) is 0 Å². The van der Waals surface area contributed by atoms with Gasteiger partial charge in [0.05, 0.1) is 13.2 Å². The number of rotatable bonds is 1. The minimum atomic E-state index is 0. The van der Waals surface area contributed by atoms with Crippen LogP contribution in [0.4, 0.5) is 0 Å². The van der Waals surface area contributed by atoms with E-state index in [0.717, 1.165) is 19.8 Å². The van der Waals surface area contributed by atoms with Crippen LogP contribution in [-0.4, -0.2) is 50.3 Å². The smallest absolute Gasteiger partial charge is 0.0635 e. The van der Waals surface area contributed by atoms with E-state index in [-0.39, 0.29) is 12.4 Å². The Hall–Kier alpha value is 0.170. The molecule has 2 unspecified atom stereocenters. The van der Waals surface area contributed by atoms with Crippen LogP contribution >= 0.6 is 12.4 Å². The van der Waals surface area contributed by atoms with Gasteiger partial charge in [-0.25, -0.2) is 0 Å². The monoisotopic (exact) mass is 206 g/mol. The van der Waals surface area contributed by atoms with Crippen molar-refractivity contribution in [3.8, 4) is 0 Å². The lowest BCUT2D eigenvalue weighted by Crippen LogP contribution is -2.52. The molecule has 2 aliphatic rings. The van der Waals surface area contributed by atoms with Gasteiger partial charge in [-0.1, -0.05) is 0 Å². The molecule has 2 rings (SSSR count). The molecule has 4 heteroatoms. The molecule has 2 aliphatic heterocycles. The number of hydrogen-bond donors (Lipinski definition) is 1. The van der Waals surface area contributed by atoms with Crippen LogP contribution in [0.3, 0.4) is 0 Å². The van der Waals surface area contributed by atoms with Crippen LogP contribution in [0.15, 0.2) is 0 Å². The highest BCUT2D eigenvalue weighted by Crippen LogP contribution is 2.19. The normalized spacial score (nSPS) is 35.8. The number of likely N-dealkylation sites (N-methyl/N-ethyl adjacent to an activating group) is 1. The van der Waals surface area contributed by atoms with Gasteiger partial charge in [0.2, 0.25) is 0 Å². The van der Waals surface area contributed by atoms with Crippen molar-refractivity contribution >= 4 is 12.4 Å². The van der Waals surface area contributed by atoms with Crippen molar-refractivity contribution in [2.75, 3.05) is 33.4 Å². The maximum Gasteiger partial charge on any atom is 0.0635 e. The summed E-state index contributed by atoms with van der Waals surface area (Å²) in [5.41, 5.74) is 0. The highest BCUT2D eigenvalue weighted by Gasteiger charge is 2.30. The standard InChI is InChI=1S/C9H18N2O.ClH/c1-11-5-2-3-9(11)8-7-12-6-4-10-8;/h8-10H,2-7H2,1H3;1H. The van der Waals surface area contributed by atoms with E-state index in [9.17, 15) is 0 Å². The summed E-state index contributed by atoms with van der Waals surface area (Å²) in [7, 11) is 2.22. The zero-order valence-corrected chi connectivity index (χ0v) is 8.98. The SMILES string of the molecule is CN1CCCC1C1COCCN1.Cl. The Balaban J connectivity index is 0.000000845. The highest BCUT2D eigenvalue weighted by atomic mass is 35.5. The highest BCUT2D eigenvalue weighted by molar-refractivity contribution is 5.85. The third-order valence-electron chi connectivity index (χ3n) is 2.99. The number of halogens is 1. The summed E-state index contributed by atoms with van der Waals surface area (Å²) < 4.78 is 5.45. The molecule has 2 fully saturated rings. The molecule has 2 atom stereocenters. The Morgan fingerprint density at radius 3 is 2.85 bits per heavy atom. The topological polar surface area (TPSA) is 24.5 Å². The van der Waals surface area contributed by atoms with Gasteiger partial charge in [0.15, 0.2) is 0 Å². The summed E-state index contributed by atoms with van der Waals surface area (Å²) in [4.78, 5) is 2.45. The number of nitrogens with one attached hydrogen (secondary N) is 1. The van der Waals surface area contributed by atoms with Crippen molar-refractivity contribution in [2.24, 2.45) is 0 Å². The maximum atomic E-state index is 5.45. The predicted octanol–water partition coefficient (Wildman–Crippen LogP) is 0.491. The zero-order chi connectivity index (χ0) is 8.39. The average molecular weight is 207 g/mol. The molecule has 0 aromatic heterocycles. The molecule has 0 saturated carbocycles. The molecule has 1 N–H and O–H groups in total. The van der Waals surface area contributed by atoms with Gasteiger partial charge in [0.25, 0.3) is 0 Å². The lowest BCUT2D eigenvalue weighted by Gasteiger charge is -2.32. The molecule has 0 aromatic carbocycles. The maximum absolute atomic E-state index is 5.45. The van der Waals surface area contributed by atoms with Crippen molar-refractivity contribution in [1.29, 1.82) is 0 Å². The lowest BCUT2D eigenvalue weighted by molar-refractivity contribution is 0.0502. The second-order valence-electron chi connectivity index (χ2n) is 3.83. The molecule has 0 aliphatic carbocycles. The Bertz CT molecular complexity index is 151. The molecule has 2 saturated heterocycles. The first-order chi connectivity index (χ1) is 5.88. The number of ether oxygens (including phenoxy) is 1. The third-order valence-corrected chi connectivity index (χ3v) is 2.99. The Labute approximate surface area is 86.2 Å². The Kier molecular flexibility index (Phi) is 4.46. The number of nitrogens with zero attached hydrogens (tertiary/aromatic N) is 1. The first-order valence-corrected chi connectivity index (χ1v) is 4.89. The van der Waals surface area contributed by atoms with Crippen molar-refractivity contribution in [2.45, 2.75) is 24.9 Å². The van der Waals surface area contributed by atoms with E-state index in [4.69, 9.17) is 4.74 Å². The summed E-state index contributed by atoms with van der Waals surface area (Å²) in [5, 5.41) is 3.52. The average Bonchev–Trinajstić information content (AvgIpc) is 2.53. The molecular formula is C9H19ClN2O. The fraction of sp³-hybridized carbons (Fsp3) is 1.00. The third kappa shape index (κ3) is 2.56. The van der Waals surface area contributed by atoms with Crippen LogP contribution in [0.1, 0.15) is 12.8 Å². The van der Waals surface area contributed by atoms with Gasteiger partial charge >= 0.3 is 0 Å². The summed E-state index contributed by atoms with van der Waals surface area (Å²) in [5.74, 6) is 0. The van der Waals surface area contributed by atoms with E-state index in [1.807, 2.05) is 0 Å². The molecule has 0 aromatic rings. The second kappa shape index (κ2) is 5.15. The van der Waals surface area contributed by atoms with Gasteiger partial charge in [-0.3, -0.25) is 0 Å². The summed E-state index contributed by atoms with van der Waals surface area (Å²) >= 11 is 0. The van der Waals surface area contributed by atoms with Crippen LogP contribution in [0.2, 0.25) is 0 Å². The number of morpholine rings is 1. The summed E-state index contributed by atoms with van der Waals surface area (Å²) in [6, 6.07) is 1.29. The van der Waals surface area contributed by atoms with E-state index in [1.165, 1.54) is 19.4 Å². The van der Waals surface area contributed by atoms with Gasteiger partial charge in [0.1, 0.15) is 0 Å². The lowest BCUT2D eigenvalue weighted by atomic mass is 10.1. The largest absolute Gasteiger partial charge is 0.378 e. The van der Waals surface area contributed by atoms with E-state index in [0.29, 0.717) is 12.1 Å². The van der Waals surface area contributed by atoms with Crippen molar-refractivity contribution < 1.29 is 4.74 Å². The number of hydrogen-bond acceptors (Lipinski definition) is 3. The summed E-state index contributed by atoms with van der Waals surface area (Å²) in [6.07, 6.45) is 2.68. The van der Waals surface area contributed by atoms with Gasteiger partial charge in [-0.05, 0) is 26.4 Å². The molecule has 2 heterocycles. The van der Waals surface area contributed by atoms with Gasteiger partial charge < -0.3 is 15.0 Å². The van der Waals surface area contributed by atoms with Crippen molar-refractivity contribution in [3.63, 3.8) is 0 Å². The van der Waals surface area contributed by atoms with Crippen LogP contribution in [0.25, 0.3) is 0 Å². The Morgan fingerprint density at radius 2 is 2.31 bits per heavy atom. The van der Waals surface area contributed by atoms with Crippen LogP contribution in [-0.2, 0) is 4.74 Å². The van der Waals surface area contributed by atoms with E-state index >= 15 is 0 Å². The van der Waals surface area contributed by atoms with E-state index in [2.05, 4.69) is 17.3 Å². The molecule has 13 heavy (non-hydrogen) atoms. The van der Waals surface area contributed by atoms with E-state index < -0.39 is 0 Å². The minimum absolute atomic E-state index is 0. The predicted molar refractivity (Wildman–Crippen MR) is 55.5 cm³/mol. The summed E-state index contributed by atoms with van der Waals surface area (Å²) in [6.45, 7) is 4.06. The molecular weight excluding hydrogens is 188 g/mol. The van der Waals surface area contributed by atoms with Gasteiger partial charge in [-0.2, -0.15) is 0 Å². The van der Waals surface area contributed by atoms with Crippen LogP contribution in [0, 0.1) is 0 Å².